The lowest BCUT2D eigenvalue weighted by molar-refractivity contribution is 0.0636. The van der Waals surface area contributed by atoms with Crippen LogP contribution in [0, 0.1) is 11.3 Å². The first-order valence-corrected chi connectivity index (χ1v) is 7.19. The molecule has 0 bridgehead atoms. The second-order valence-electron chi connectivity index (χ2n) is 5.41. The van der Waals surface area contributed by atoms with Crippen molar-refractivity contribution in [1.82, 2.24) is 14.8 Å². The molecule has 22 heavy (non-hydrogen) atoms. The molecule has 0 aliphatic rings. The fourth-order valence-corrected chi connectivity index (χ4v) is 1.92. The number of ether oxygens (including phenoxy) is 1. The van der Waals surface area contributed by atoms with E-state index in [1.54, 1.807) is 39.1 Å². The number of nitrogens with one attached hydrogen (secondary N) is 1. The first-order valence-electron chi connectivity index (χ1n) is 6.40. The van der Waals surface area contributed by atoms with Crippen molar-refractivity contribution in [1.29, 1.82) is 5.26 Å². The Labute approximate surface area is 136 Å². The highest BCUT2D eigenvalue weighted by Crippen LogP contribution is 2.17. The number of rotatable bonds is 2. The number of anilines is 1. The lowest BCUT2D eigenvalue weighted by atomic mass is 10.2. The van der Waals surface area contributed by atoms with Gasteiger partial charge in [-0.05, 0) is 48.8 Å². The summed E-state index contributed by atoms with van der Waals surface area (Å²) in [6.07, 6.45) is 2.58. The standard InChI is InChI=1S/C14H14BrN5O2/c1-14(2,3)22-13(21)18-9-4-5-12(17-7-9)20-8-10(15)11(6-16)19-20/h4-5,7-8H,1-3H3,(H,18,21). The molecule has 0 radical (unpaired) electrons. The summed E-state index contributed by atoms with van der Waals surface area (Å²) in [5.41, 5.74) is 0.217. The van der Waals surface area contributed by atoms with E-state index in [4.69, 9.17) is 10.00 Å². The average Bonchev–Trinajstić information content (AvgIpc) is 2.78. The van der Waals surface area contributed by atoms with Crippen molar-refractivity contribution in [2.45, 2.75) is 26.4 Å². The maximum absolute atomic E-state index is 11.6. The van der Waals surface area contributed by atoms with E-state index in [0.29, 0.717) is 16.0 Å². The molecule has 2 rings (SSSR count). The first kappa shape index (κ1) is 16.0. The molecule has 0 spiro atoms. The number of nitriles is 1. The van der Waals surface area contributed by atoms with Gasteiger partial charge < -0.3 is 4.74 Å². The minimum atomic E-state index is -0.563. The summed E-state index contributed by atoms with van der Waals surface area (Å²) in [5, 5.41) is 15.5. The molecule has 0 saturated carbocycles. The smallest absolute Gasteiger partial charge is 0.412 e. The molecule has 2 aromatic heterocycles. The summed E-state index contributed by atoms with van der Waals surface area (Å²) in [5.74, 6) is 0.525. The van der Waals surface area contributed by atoms with E-state index in [-0.39, 0.29) is 5.69 Å². The zero-order valence-electron chi connectivity index (χ0n) is 12.3. The molecule has 2 heterocycles. The Morgan fingerprint density at radius 2 is 2.18 bits per heavy atom. The van der Waals surface area contributed by atoms with Gasteiger partial charge >= 0.3 is 6.09 Å². The van der Waals surface area contributed by atoms with Gasteiger partial charge in [-0.15, -0.1) is 0 Å². The van der Waals surface area contributed by atoms with Gasteiger partial charge in [0.25, 0.3) is 0 Å². The molecule has 0 unspecified atom stereocenters. The minimum Gasteiger partial charge on any atom is -0.444 e. The van der Waals surface area contributed by atoms with E-state index in [2.05, 4.69) is 31.3 Å². The quantitative estimate of drug-likeness (QED) is 0.883. The molecule has 0 fully saturated rings. The Bertz CT molecular complexity index is 725. The number of carbonyl (C=O) groups is 1. The molecule has 1 amide bonds. The van der Waals surface area contributed by atoms with Crippen molar-refractivity contribution in [3.05, 3.63) is 34.7 Å². The second kappa shape index (κ2) is 6.15. The highest BCUT2D eigenvalue weighted by Gasteiger charge is 2.16. The molecule has 0 atom stereocenters. The molecule has 8 heteroatoms. The van der Waals surface area contributed by atoms with Crippen LogP contribution in [0.25, 0.3) is 5.82 Å². The van der Waals surface area contributed by atoms with Gasteiger partial charge in [0.2, 0.25) is 0 Å². The van der Waals surface area contributed by atoms with E-state index in [9.17, 15) is 4.79 Å². The van der Waals surface area contributed by atoms with Crippen LogP contribution in [0.3, 0.4) is 0 Å². The van der Waals surface area contributed by atoms with Crippen molar-refractivity contribution in [3.8, 4) is 11.9 Å². The molecular formula is C14H14BrN5O2. The van der Waals surface area contributed by atoms with Gasteiger partial charge in [-0.25, -0.2) is 14.5 Å². The number of hydrogen-bond donors (Lipinski definition) is 1. The van der Waals surface area contributed by atoms with Crippen molar-refractivity contribution >= 4 is 27.7 Å². The van der Waals surface area contributed by atoms with Gasteiger partial charge in [0.05, 0.1) is 16.4 Å². The Morgan fingerprint density at radius 3 is 2.68 bits per heavy atom. The van der Waals surface area contributed by atoms with E-state index in [1.165, 1.54) is 10.9 Å². The molecule has 2 aromatic rings. The third-order valence-electron chi connectivity index (χ3n) is 2.40. The number of amides is 1. The Kier molecular flexibility index (Phi) is 4.47. The van der Waals surface area contributed by atoms with Crippen molar-refractivity contribution in [3.63, 3.8) is 0 Å². The number of halogens is 1. The maximum Gasteiger partial charge on any atom is 0.412 e. The SMILES string of the molecule is CC(C)(C)OC(=O)Nc1ccc(-n2cc(Br)c(C#N)n2)nc1. The highest BCUT2D eigenvalue weighted by molar-refractivity contribution is 9.10. The van der Waals surface area contributed by atoms with Crippen LogP contribution in [0.4, 0.5) is 10.5 Å². The third kappa shape index (κ3) is 4.05. The summed E-state index contributed by atoms with van der Waals surface area (Å²) >= 11 is 3.24. The lowest BCUT2D eigenvalue weighted by Crippen LogP contribution is -2.27. The molecule has 0 aliphatic heterocycles. The topological polar surface area (TPSA) is 92.8 Å². The molecule has 1 N–H and O–H groups in total. The zero-order chi connectivity index (χ0) is 16.3. The van der Waals surface area contributed by atoms with Gasteiger partial charge in [0.15, 0.2) is 11.5 Å². The van der Waals surface area contributed by atoms with E-state index < -0.39 is 11.7 Å². The molecule has 0 aromatic carbocycles. The lowest BCUT2D eigenvalue weighted by Gasteiger charge is -2.19. The Hall–Kier alpha value is -2.40. The van der Waals surface area contributed by atoms with Crippen molar-refractivity contribution < 1.29 is 9.53 Å². The van der Waals surface area contributed by atoms with Crippen LogP contribution in [-0.4, -0.2) is 26.5 Å². The van der Waals surface area contributed by atoms with Crippen LogP contribution in [0.15, 0.2) is 29.0 Å². The molecular weight excluding hydrogens is 350 g/mol. The van der Waals surface area contributed by atoms with Gasteiger partial charge in [-0.3, -0.25) is 5.32 Å². The largest absolute Gasteiger partial charge is 0.444 e. The zero-order valence-corrected chi connectivity index (χ0v) is 13.9. The highest BCUT2D eigenvalue weighted by atomic mass is 79.9. The molecule has 0 saturated heterocycles. The number of pyridine rings is 1. The van der Waals surface area contributed by atoms with Crippen LogP contribution in [0.1, 0.15) is 26.5 Å². The van der Waals surface area contributed by atoms with Gasteiger partial charge in [0, 0.05) is 6.20 Å². The summed E-state index contributed by atoms with van der Waals surface area (Å²) < 4.78 is 7.22. The Morgan fingerprint density at radius 1 is 1.45 bits per heavy atom. The summed E-state index contributed by atoms with van der Waals surface area (Å²) in [6.45, 7) is 5.36. The van der Waals surface area contributed by atoms with Crippen LogP contribution < -0.4 is 5.32 Å². The first-order chi connectivity index (χ1) is 10.3. The summed E-state index contributed by atoms with van der Waals surface area (Å²) in [7, 11) is 0. The van der Waals surface area contributed by atoms with Gasteiger partial charge in [-0.1, -0.05) is 0 Å². The predicted octanol–water partition coefficient (Wildman–Crippen LogP) is 3.25. The van der Waals surface area contributed by atoms with Crippen LogP contribution in [0.2, 0.25) is 0 Å². The van der Waals surface area contributed by atoms with E-state index in [0.717, 1.165) is 0 Å². The fraction of sp³-hybridized carbons (Fsp3) is 0.286. The number of aromatic nitrogens is 3. The third-order valence-corrected chi connectivity index (χ3v) is 2.98. The number of carbonyl (C=O) groups excluding carboxylic acids is 1. The summed E-state index contributed by atoms with van der Waals surface area (Å²) in [4.78, 5) is 15.8. The summed E-state index contributed by atoms with van der Waals surface area (Å²) in [6, 6.07) is 5.31. The number of hydrogen-bond acceptors (Lipinski definition) is 5. The predicted molar refractivity (Wildman–Crippen MR) is 83.6 cm³/mol. The molecule has 7 nitrogen and oxygen atoms in total. The van der Waals surface area contributed by atoms with Crippen LogP contribution in [0.5, 0.6) is 0 Å². The van der Waals surface area contributed by atoms with E-state index >= 15 is 0 Å². The molecule has 0 aliphatic carbocycles. The number of nitrogens with zero attached hydrogens (tertiary/aromatic N) is 4. The minimum absolute atomic E-state index is 0.276. The van der Waals surface area contributed by atoms with Crippen LogP contribution >= 0.6 is 15.9 Å². The van der Waals surface area contributed by atoms with E-state index in [1.807, 2.05) is 6.07 Å². The normalized spacial score (nSPS) is 10.9. The molecule has 114 valence electrons. The maximum atomic E-state index is 11.6. The second-order valence-corrected chi connectivity index (χ2v) is 6.27. The van der Waals surface area contributed by atoms with Gasteiger partial charge in [0.1, 0.15) is 11.7 Å². The van der Waals surface area contributed by atoms with Crippen LogP contribution in [-0.2, 0) is 4.74 Å². The monoisotopic (exact) mass is 363 g/mol. The Balaban J connectivity index is 2.10. The fourth-order valence-electron chi connectivity index (χ4n) is 1.56. The van der Waals surface area contributed by atoms with Gasteiger partial charge in [-0.2, -0.15) is 10.4 Å². The average molecular weight is 364 g/mol. The van der Waals surface area contributed by atoms with Crippen molar-refractivity contribution in [2.75, 3.05) is 5.32 Å². The van der Waals surface area contributed by atoms with Crippen molar-refractivity contribution in [2.24, 2.45) is 0 Å².